The minimum atomic E-state index is 0.448. The minimum absolute atomic E-state index is 0.448. The lowest BCUT2D eigenvalue weighted by atomic mass is 9.94. The third-order valence-corrected chi connectivity index (χ3v) is 4.41. The van der Waals surface area contributed by atoms with Crippen molar-refractivity contribution >= 4 is 0 Å². The van der Waals surface area contributed by atoms with Gasteiger partial charge in [-0.3, -0.25) is 0 Å². The van der Waals surface area contributed by atoms with E-state index in [1.54, 1.807) is 0 Å². The van der Waals surface area contributed by atoms with E-state index in [4.69, 9.17) is 0 Å². The Kier molecular flexibility index (Phi) is 4.37. The Hall–Kier alpha value is -1.64. The average molecular weight is 280 g/mol. The van der Waals surface area contributed by atoms with Crippen LogP contribution in [-0.4, -0.2) is 25.0 Å². The second kappa shape index (κ2) is 6.42. The van der Waals surface area contributed by atoms with E-state index >= 15 is 0 Å². The zero-order valence-electron chi connectivity index (χ0n) is 13.0. The van der Waals surface area contributed by atoms with Gasteiger partial charge < -0.3 is 10.2 Å². The molecule has 0 spiro atoms. The molecular weight excluding hydrogens is 256 g/mol. The van der Waals surface area contributed by atoms with E-state index in [9.17, 15) is 0 Å². The Morgan fingerprint density at radius 3 is 2.71 bits per heavy atom. The van der Waals surface area contributed by atoms with Crippen LogP contribution in [0.1, 0.15) is 28.3 Å². The lowest BCUT2D eigenvalue weighted by Crippen LogP contribution is -2.37. The molecule has 1 aliphatic rings. The van der Waals surface area contributed by atoms with E-state index in [2.05, 4.69) is 72.7 Å². The molecule has 21 heavy (non-hydrogen) atoms. The van der Waals surface area contributed by atoms with Gasteiger partial charge in [0.05, 0.1) is 0 Å². The van der Waals surface area contributed by atoms with Crippen LogP contribution >= 0.6 is 0 Å². The summed E-state index contributed by atoms with van der Waals surface area (Å²) in [6.45, 7) is 5.33. The van der Waals surface area contributed by atoms with E-state index in [-0.39, 0.29) is 0 Å². The molecule has 1 N–H and O–H groups in total. The Bertz CT molecular complexity index is 606. The number of aryl methyl sites for hydroxylation is 1. The fourth-order valence-corrected chi connectivity index (χ4v) is 3.21. The largest absolute Gasteiger partial charge is 0.309 e. The predicted octanol–water partition coefficient (Wildman–Crippen LogP) is 3.31. The van der Waals surface area contributed by atoms with Crippen molar-refractivity contribution in [3.63, 3.8) is 0 Å². The van der Waals surface area contributed by atoms with Crippen LogP contribution in [0, 0.1) is 6.92 Å². The van der Waals surface area contributed by atoms with Crippen LogP contribution in [0.25, 0.3) is 0 Å². The van der Waals surface area contributed by atoms with Crippen molar-refractivity contribution in [2.45, 2.75) is 25.9 Å². The van der Waals surface area contributed by atoms with Crippen molar-refractivity contribution in [3.05, 3.63) is 70.8 Å². The lowest BCUT2D eigenvalue weighted by molar-refractivity contribution is 0.278. The van der Waals surface area contributed by atoms with Crippen LogP contribution in [0.5, 0.6) is 0 Å². The first kappa shape index (κ1) is 14.3. The zero-order chi connectivity index (χ0) is 14.7. The predicted molar refractivity (Wildman–Crippen MR) is 88.4 cm³/mol. The number of nitrogens with one attached hydrogen (secondary N) is 1. The van der Waals surface area contributed by atoms with Crippen LogP contribution in [0.15, 0.2) is 48.5 Å². The van der Waals surface area contributed by atoms with Crippen LogP contribution < -0.4 is 5.32 Å². The number of likely N-dealkylation sites (N-methyl/N-ethyl adjacent to an activating group) is 1. The quantitative estimate of drug-likeness (QED) is 0.924. The fraction of sp³-hybridized carbons (Fsp3) is 0.368. The molecule has 0 amide bonds. The Labute approximate surface area is 127 Å². The summed E-state index contributed by atoms with van der Waals surface area (Å²) in [5.41, 5.74) is 5.77. The number of hydrogen-bond donors (Lipinski definition) is 1. The Balaban J connectivity index is 1.69. The second-order valence-corrected chi connectivity index (χ2v) is 6.08. The molecule has 0 aliphatic carbocycles. The highest BCUT2D eigenvalue weighted by atomic mass is 15.1. The molecule has 2 aromatic carbocycles. The molecule has 2 aromatic rings. The van der Waals surface area contributed by atoms with Crippen molar-refractivity contribution < 1.29 is 0 Å². The monoisotopic (exact) mass is 280 g/mol. The van der Waals surface area contributed by atoms with Gasteiger partial charge in [-0.25, -0.2) is 0 Å². The van der Waals surface area contributed by atoms with E-state index in [0.29, 0.717) is 6.04 Å². The maximum absolute atomic E-state index is 3.66. The zero-order valence-corrected chi connectivity index (χ0v) is 13.0. The minimum Gasteiger partial charge on any atom is -0.309 e. The third kappa shape index (κ3) is 3.34. The average Bonchev–Trinajstić information content (AvgIpc) is 2.50. The molecule has 2 heteroatoms. The standard InChI is InChI=1S/C19H24N2/c1-15-7-3-4-9-17(15)13-21(2)14-19-18-10-6-5-8-16(18)11-12-20-19/h3-10,19-20H,11-14H2,1-2H3. The van der Waals surface area contributed by atoms with Gasteiger partial charge in [-0.05, 0) is 49.2 Å². The number of nitrogens with zero attached hydrogens (tertiary/aromatic N) is 1. The summed E-state index contributed by atoms with van der Waals surface area (Å²) in [7, 11) is 2.21. The molecule has 3 rings (SSSR count). The van der Waals surface area contributed by atoms with E-state index in [0.717, 1.165) is 26.1 Å². The molecule has 1 heterocycles. The van der Waals surface area contributed by atoms with Gasteiger partial charge in [0, 0.05) is 19.1 Å². The van der Waals surface area contributed by atoms with Gasteiger partial charge in [-0.15, -0.1) is 0 Å². The van der Waals surface area contributed by atoms with Crippen LogP contribution in [-0.2, 0) is 13.0 Å². The van der Waals surface area contributed by atoms with Crippen molar-refractivity contribution in [1.82, 2.24) is 10.2 Å². The Morgan fingerprint density at radius 1 is 1.10 bits per heavy atom. The molecule has 0 aromatic heterocycles. The van der Waals surface area contributed by atoms with E-state index in [1.165, 1.54) is 22.3 Å². The molecule has 0 fully saturated rings. The first-order valence-corrected chi connectivity index (χ1v) is 7.78. The van der Waals surface area contributed by atoms with Gasteiger partial charge in [-0.1, -0.05) is 48.5 Å². The normalized spacial score (nSPS) is 17.8. The number of fused-ring (bicyclic) bond motifs is 1. The molecule has 0 bridgehead atoms. The summed E-state index contributed by atoms with van der Waals surface area (Å²) < 4.78 is 0. The van der Waals surface area contributed by atoms with Crippen LogP contribution in [0.2, 0.25) is 0 Å². The molecule has 1 unspecified atom stereocenters. The molecule has 110 valence electrons. The highest BCUT2D eigenvalue weighted by Crippen LogP contribution is 2.23. The molecule has 0 saturated heterocycles. The molecule has 1 aliphatic heterocycles. The van der Waals surface area contributed by atoms with Gasteiger partial charge in [-0.2, -0.15) is 0 Å². The summed E-state index contributed by atoms with van der Waals surface area (Å²) in [6, 6.07) is 18.0. The maximum Gasteiger partial charge on any atom is 0.0452 e. The Morgan fingerprint density at radius 2 is 1.86 bits per heavy atom. The summed E-state index contributed by atoms with van der Waals surface area (Å²) in [5, 5.41) is 3.66. The summed E-state index contributed by atoms with van der Waals surface area (Å²) >= 11 is 0. The van der Waals surface area contributed by atoms with Crippen LogP contribution in [0.4, 0.5) is 0 Å². The molecule has 0 saturated carbocycles. The van der Waals surface area contributed by atoms with Gasteiger partial charge in [0.15, 0.2) is 0 Å². The molecule has 0 radical (unpaired) electrons. The summed E-state index contributed by atoms with van der Waals surface area (Å²) in [6.07, 6.45) is 1.15. The van der Waals surface area contributed by atoms with E-state index < -0.39 is 0 Å². The molecule has 1 atom stereocenters. The van der Waals surface area contributed by atoms with Crippen molar-refractivity contribution in [3.8, 4) is 0 Å². The van der Waals surface area contributed by atoms with Crippen molar-refractivity contribution in [1.29, 1.82) is 0 Å². The topological polar surface area (TPSA) is 15.3 Å². The van der Waals surface area contributed by atoms with Gasteiger partial charge in [0.25, 0.3) is 0 Å². The van der Waals surface area contributed by atoms with Crippen LogP contribution in [0.3, 0.4) is 0 Å². The van der Waals surface area contributed by atoms with Crippen molar-refractivity contribution in [2.75, 3.05) is 20.1 Å². The van der Waals surface area contributed by atoms with E-state index in [1.807, 2.05) is 0 Å². The fourth-order valence-electron chi connectivity index (χ4n) is 3.21. The first-order valence-electron chi connectivity index (χ1n) is 7.78. The summed E-state index contributed by atoms with van der Waals surface area (Å²) in [5.74, 6) is 0. The smallest absolute Gasteiger partial charge is 0.0452 e. The first-order chi connectivity index (χ1) is 10.2. The molecular formula is C19H24N2. The number of rotatable bonds is 4. The second-order valence-electron chi connectivity index (χ2n) is 6.08. The van der Waals surface area contributed by atoms with Gasteiger partial charge in [0.1, 0.15) is 0 Å². The summed E-state index contributed by atoms with van der Waals surface area (Å²) in [4.78, 5) is 2.42. The maximum atomic E-state index is 3.66. The highest BCUT2D eigenvalue weighted by Gasteiger charge is 2.20. The number of hydrogen-bond acceptors (Lipinski definition) is 2. The third-order valence-electron chi connectivity index (χ3n) is 4.41. The number of benzene rings is 2. The lowest BCUT2D eigenvalue weighted by Gasteiger charge is -2.30. The molecule has 2 nitrogen and oxygen atoms in total. The SMILES string of the molecule is Cc1ccccc1CN(C)CC1NCCc2ccccc21. The van der Waals surface area contributed by atoms with Gasteiger partial charge >= 0.3 is 0 Å². The highest BCUT2D eigenvalue weighted by molar-refractivity contribution is 5.32. The van der Waals surface area contributed by atoms with Gasteiger partial charge in [0.2, 0.25) is 0 Å². The van der Waals surface area contributed by atoms with Crippen molar-refractivity contribution in [2.24, 2.45) is 0 Å².